The maximum Gasteiger partial charge on any atom is 0.221 e. The Hall–Kier alpha value is -1.30. The fourth-order valence-corrected chi connectivity index (χ4v) is 2.37. The Balaban J connectivity index is 0.00000242. The van der Waals surface area contributed by atoms with Crippen LogP contribution in [0.15, 0.2) is 24.3 Å². The molecule has 1 aromatic carbocycles. The molecule has 1 fully saturated rings. The minimum atomic E-state index is 0. The Bertz CT molecular complexity index is 434. The topological polar surface area (TPSA) is 59.6 Å². The van der Waals surface area contributed by atoms with Crippen molar-refractivity contribution in [3.63, 3.8) is 0 Å². The van der Waals surface area contributed by atoms with Crippen LogP contribution in [0, 0.1) is 0 Å². The lowest BCUT2D eigenvalue weighted by Gasteiger charge is -2.11. The molecule has 6 heteroatoms. The first-order chi connectivity index (χ1) is 10.3. The number of hydrogen-bond donors (Lipinski definition) is 2. The van der Waals surface area contributed by atoms with Crippen molar-refractivity contribution >= 4 is 18.3 Å². The number of hydrogen-bond acceptors (Lipinski definition) is 4. The van der Waals surface area contributed by atoms with Crippen molar-refractivity contribution in [1.82, 2.24) is 10.6 Å². The van der Waals surface area contributed by atoms with Gasteiger partial charge >= 0.3 is 0 Å². The Morgan fingerprint density at radius 1 is 1.32 bits per heavy atom. The second-order valence-corrected chi connectivity index (χ2v) is 5.26. The lowest BCUT2D eigenvalue weighted by atomic mass is 10.1. The highest BCUT2D eigenvalue weighted by molar-refractivity contribution is 5.85. The molecular weight excluding hydrogens is 304 g/mol. The molecule has 1 heterocycles. The van der Waals surface area contributed by atoms with Crippen LogP contribution in [0.2, 0.25) is 0 Å². The standard InChI is InChI=1S/C16H24N2O3.ClH/c1-20-9-10-21-15-6-4-13(5-7-15)12-18-16(19)11-14-3-2-8-17-14;/h4-7,14,17H,2-3,8-12H2,1H3,(H,18,19);1H. The summed E-state index contributed by atoms with van der Waals surface area (Å²) in [6.07, 6.45) is 2.83. The molecule has 0 bridgehead atoms. The molecule has 5 nitrogen and oxygen atoms in total. The summed E-state index contributed by atoms with van der Waals surface area (Å²) in [5.74, 6) is 0.923. The van der Waals surface area contributed by atoms with Gasteiger partial charge in [0.1, 0.15) is 12.4 Å². The maximum absolute atomic E-state index is 11.8. The van der Waals surface area contributed by atoms with Gasteiger partial charge in [-0.1, -0.05) is 12.1 Å². The van der Waals surface area contributed by atoms with Crippen molar-refractivity contribution in [2.45, 2.75) is 31.8 Å². The number of methoxy groups -OCH3 is 1. The molecule has 2 N–H and O–H groups in total. The average molecular weight is 329 g/mol. The molecule has 2 rings (SSSR count). The summed E-state index contributed by atoms with van der Waals surface area (Å²) >= 11 is 0. The Kier molecular flexibility index (Phi) is 8.89. The third kappa shape index (κ3) is 6.64. The molecule has 0 radical (unpaired) electrons. The van der Waals surface area contributed by atoms with Crippen LogP contribution in [-0.2, 0) is 16.1 Å². The average Bonchev–Trinajstić information content (AvgIpc) is 2.99. The Morgan fingerprint density at radius 2 is 2.09 bits per heavy atom. The smallest absolute Gasteiger partial charge is 0.221 e. The van der Waals surface area contributed by atoms with E-state index in [1.807, 2.05) is 24.3 Å². The minimum absolute atomic E-state index is 0. The first-order valence-corrected chi connectivity index (χ1v) is 7.48. The summed E-state index contributed by atoms with van der Waals surface area (Å²) in [6.45, 7) is 2.71. The van der Waals surface area contributed by atoms with Crippen LogP contribution < -0.4 is 15.4 Å². The van der Waals surface area contributed by atoms with Crippen molar-refractivity contribution in [2.75, 3.05) is 26.9 Å². The predicted octanol–water partition coefficient (Wildman–Crippen LogP) is 1.89. The highest BCUT2D eigenvalue weighted by atomic mass is 35.5. The first kappa shape index (κ1) is 18.7. The van der Waals surface area contributed by atoms with Gasteiger partial charge in [0.25, 0.3) is 0 Å². The molecule has 1 aliphatic heterocycles. The van der Waals surface area contributed by atoms with Gasteiger partial charge < -0.3 is 20.1 Å². The summed E-state index contributed by atoms with van der Waals surface area (Å²) < 4.78 is 10.4. The summed E-state index contributed by atoms with van der Waals surface area (Å²) in [7, 11) is 1.65. The molecule has 0 aliphatic carbocycles. The lowest BCUT2D eigenvalue weighted by Crippen LogP contribution is -2.31. The van der Waals surface area contributed by atoms with E-state index in [2.05, 4.69) is 10.6 Å². The van der Waals surface area contributed by atoms with Crippen LogP contribution in [-0.4, -0.2) is 38.8 Å². The molecule has 0 saturated carbocycles. The van der Waals surface area contributed by atoms with Gasteiger partial charge in [-0.15, -0.1) is 12.4 Å². The molecule has 1 unspecified atom stereocenters. The number of nitrogens with one attached hydrogen (secondary N) is 2. The van der Waals surface area contributed by atoms with Crippen LogP contribution in [0.4, 0.5) is 0 Å². The molecule has 1 atom stereocenters. The SMILES string of the molecule is COCCOc1ccc(CNC(=O)CC2CCCN2)cc1.Cl. The van der Waals surface area contributed by atoms with Crippen LogP contribution in [0.25, 0.3) is 0 Å². The molecule has 1 amide bonds. The van der Waals surface area contributed by atoms with E-state index in [9.17, 15) is 4.79 Å². The second kappa shape index (κ2) is 10.4. The van der Waals surface area contributed by atoms with Gasteiger partial charge in [-0.2, -0.15) is 0 Å². The number of rotatable bonds is 8. The highest BCUT2D eigenvalue weighted by Crippen LogP contribution is 2.12. The fraction of sp³-hybridized carbons (Fsp3) is 0.562. The van der Waals surface area contributed by atoms with Crippen LogP contribution in [0.5, 0.6) is 5.75 Å². The van der Waals surface area contributed by atoms with Gasteiger partial charge in [-0.25, -0.2) is 0 Å². The van der Waals surface area contributed by atoms with Crippen LogP contribution >= 0.6 is 12.4 Å². The van der Waals surface area contributed by atoms with Gasteiger partial charge in [-0.3, -0.25) is 4.79 Å². The quantitative estimate of drug-likeness (QED) is 0.716. The molecule has 124 valence electrons. The third-order valence-electron chi connectivity index (χ3n) is 3.56. The summed E-state index contributed by atoms with van der Waals surface area (Å²) in [6, 6.07) is 8.11. The number of ether oxygens (including phenoxy) is 2. The lowest BCUT2D eigenvalue weighted by molar-refractivity contribution is -0.121. The van der Waals surface area contributed by atoms with Gasteiger partial charge in [0, 0.05) is 26.1 Å². The number of amides is 1. The number of halogens is 1. The van der Waals surface area contributed by atoms with Crippen LogP contribution in [0.1, 0.15) is 24.8 Å². The van der Waals surface area contributed by atoms with E-state index >= 15 is 0 Å². The van der Waals surface area contributed by atoms with Crippen molar-refractivity contribution in [3.05, 3.63) is 29.8 Å². The molecule has 1 aromatic rings. The van der Waals surface area contributed by atoms with Crippen molar-refractivity contribution in [2.24, 2.45) is 0 Å². The summed E-state index contributed by atoms with van der Waals surface area (Å²) in [4.78, 5) is 11.8. The van der Waals surface area contributed by atoms with E-state index in [0.29, 0.717) is 32.2 Å². The number of carbonyl (C=O) groups excluding carboxylic acids is 1. The molecule has 1 saturated heterocycles. The largest absolute Gasteiger partial charge is 0.491 e. The fourth-order valence-electron chi connectivity index (χ4n) is 2.37. The summed E-state index contributed by atoms with van der Waals surface area (Å²) in [5.41, 5.74) is 1.07. The zero-order valence-corrected chi connectivity index (χ0v) is 13.8. The molecule has 1 aliphatic rings. The van der Waals surface area contributed by atoms with E-state index < -0.39 is 0 Å². The minimum Gasteiger partial charge on any atom is -0.491 e. The maximum atomic E-state index is 11.8. The second-order valence-electron chi connectivity index (χ2n) is 5.26. The Labute approximate surface area is 138 Å². The van der Waals surface area contributed by atoms with Gasteiger partial charge in [-0.05, 0) is 37.1 Å². The van der Waals surface area contributed by atoms with Crippen molar-refractivity contribution < 1.29 is 14.3 Å². The molecule has 22 heavy (non-hydrogen) atoms. The van der Waals surface area contributed by atoms with E-state index in [-0.39, 0.29) is 18.3 Å². The molecule has 0 aromatic heterocycles. The van der Waals surface area contributed by atoms with E-state index in [0.717, 1.165) is 24.3 Å². The first-order valence-electron chi connectivity index (χ1n) is 7.48. The zero-order valence-electron chi connectivity index (χ0n) is 13.0. The summed E-state index contributed by atoms with van der Waals surface area (Å²) in [5, 5.41) is 6.29. The Morgan fingerprint density at radius 3 is 2.73 bits per heavy atom. The van der Waals surface area contributed by atoms with Gasteiger partial charge in [0.15, 0.2) is 0 Å². The normalized spacial score (nSPS) is 16.9. The number of benzene rings is 1. The van der Waals surface area contributed by atoms with Crippen molar-refractivity contribution in [1.29, 1.82) is 0 Å². The molecular formula is C16H25ClN2O3. The van der Waals surface area contributed by atoms with E-state index in [4.69, 9.17) is 9.47 Å². The van der Waals surface area contributed by atoms with Crippen LogP contribution in [0.3, 0.4) is 0 Å². The van der Waals surface area contributed by atoms with Gasteiger partial charge in [0.2, 0.25) is 5.91 Å². The predicted molar refractivity (Wildman–Crippen MR) is 88.5 cm³/mol. The third-order valence-corrected chi connectivity index (χ3v) is 3.56. The molecule has 0 spiro atoms. The van der Waals surface area contributed by atoms with Gasteiger partial charge in [0.05, 0.1) is 6.61 Å². The van der Waals surface area contributed by atoms with Crippen molar-refractivity contribution in [3.8, 4) is 5.75 Å². The van der Waals surface area contributed by atoms with E-state index in [1.54, 1.807) is 7.11 Å². The zero-order chi connectivity index (χ0) is 14.9. The van der Waals surface area contributed by atoms with E-state index in [1.165, 1.54) is 6.42 Å². The number of carbonyl (C=O) groups is 1. The monoisotopic (exact) mass is 328 g/mol. The highest BCUT2D eigenvalue weighted by Gasteiger charge is 2.17.